The average molecular weight is 1480 g/mol. The standard InChI is InChI=1S/C83H90N4O19Si/c1-83(2,3)107(4,5)106-70-66(54-95-49-57-33-17-8-18-34-57)101-82(74(102-78(91)60-39-23-11-24-40-60)72(70)98-51-59-37-21-10-22-38-59)104-69-65(53-94-48-56-31-15-7-16-32-56)100-81(96-46-45-85-86-84)75(103-79(92)61-41-25-12-26-42-61)73(69)105-80-67(87-76(89)62-43-27-28-44-63(62)77(87)90)71(97-50-58-35-19-9-20-36-58)68(88)64(99-80)52-93-47-55-29-13-6-14-30-55/h6-44,64-75,80-82,88H,45-54H2,1-5H3/t64-,65-,66-,67-,68-,69+,70-,71-,72+,73+,74-,75-,80+,81-,82+/m1/s1. The minimum absolute atomic E-state index is 0.0181. The van der Waals surface area contributed by atoms with Crippen molar-refractivity contribution in [3.05, 3.63) is 297 Å². The summed E-state index contributed by atoms with van der Waals surface area (Å²) in [6, 6.07) is 68.1. The first-order valence-corrected chi connectivity index (χ1v) is 38.8. The summed E-state index contributed by atoms with van der Waals surface area (Å²) in [5, 5.41) is 16.4. The molecule has 0 spiro atoms. The van der Waals surface area contributed by atoms with Crippen LogP contribution in [0.4, 0.5) is 0 Å². The number of esters is 2. The number of aliphatic hydroxyl groups is 1. The van der Waals surface area contributed by atoms with Crippen molar-refractivity contribution >= 4 is 32.1 Å². The van der Waals surface area contributed by atoms with Gasteiger partial charge in [0.1, 0.15) is 61.0 Å². The summed E-state index contributed by atoms with van der Waals surface area (Å²) < 4.78 is 98.5. The van der Waals surface area contributed by atoms with Gasteiger partial charge in [-0.25, -0.2) is 9.59 Å². The molecule has 4 heterocycles. The monoisotopic (exact) mass is 1470 g/mol. The van der Waals surface area contributed by atoms with E-state index in [4.69, 9.17) is 66.0 Å². The third-order valence-corrected chi connectivity index (χ3v) is 24.0. The van der Waals surface area contributed by atoms with Crippen molar-refractivity contribution in [2.45, 2.75) is 164 Å². The number of nitrogens with zero attached hydrogens (tertiary/aromatic N) is 4. The number of carbonyl (C=O) groups is 4. The Morgan fingerprint density at radius 1 is 0.458 bits per heavy atom. The highest BCUT2D eigenvalue weighted by molar-refractivity contribution is 6.74. The molecule has 4 aliphatic heterocycles. The van der Waals surface area contributed by atoms with E-state index in [0.29, 0.717) is 5.56 Å². The van der Waals surface area contributed by atoms with Crippen LogP contribution < -0.4 is 0 Å². The lowest BCUT2D eigenvalue weighted by Gasteiger charge is -2.53. The lowest BCUT2D eigenvalue weighted by atomic mass is 9.93. The zero-order valence-corrected chi connectivity index (χ0v) is 61.3. The molecule has 12 rings (SSSR count). The third kappa shape index (κ3) is 19.8. The Morgan fingerprint density at radius 2 is 0.832 bits per heavy atom. The molecule has 1 N–H and O–H groups in total. The Kier molecular flexibility index (Phi) is 26.9. The first-order chi connectivity index (χ1) is 52.0. The number of imide groups is 1. The number of hydrogen-bond donors (Lipinski definition) is 1. The number of rotatable bonds is 33. The van der Waals surface area contributed by atoms with Crippen molar-refractivity contribution in [2.75, 3.05) is 33.0 Å². The average Bonchev–Trinajstić information content (AvgIpc) is 1.55. The summed E-state index contributed by atoms with van der Waals surface area (Å²) >= 11 is 0. The fraction of sp³-hybridized carbons (Fsp3) is 0.373. The van der Waals surface area contributed by atoms with Gasteiger partial charge < -0.3 is 71.1 Å². The largest absolute Gasteiger partial charge is 0.450 e. The number of carbonyl (C=O) groups excluding carboxylic acids is 4. The van der Waals surface area contributed by atoms with Gasteiger partial charge in [-0.1, -0.05) is 226 Å². The minimum atomic E-state index is -2.91. The van der Waals surface area contributed by atoms with Crippen molar-refractivity contribution in [2.24, 2.45) is 5.11 Å². The molecule has 0 aliphatic carbocycles. The molecule has 8 aromatic rings. The maximum Gasteiger partial charge on any atom is 0.338 e. The molecule has 3 saturated heterocycles. The van der Waals surface area contributed by atoms with E-state index in [1.165, 1.54) is 12.1 Å². The first-order valence-electron chi connectivity index (χ1n) is 35.9. The number of fused-ring (bicyclic) bond motifs is 1. The molecular formula is C83H90N4O19Si. The van der Waals surface area contributed by atoms with Gasteiger partial charge in [0.25, 0.3) is 11.8 Å². The summed E-state index contributed by atoms with van der Waals surface area (Å²) in [4.78, 5) is 65.2. The minimum Gasteiger partial charge on any atom is -0.450 e. The number of amides is 2. The fourth-order valence-corrected chi connectivity index (χ4v) is 14.3. The zero-order chi connectivity index (χ0) is 74.7. The Labute approximate surface area is 623 Å². The third-order valence-electron chi connectivity index (χ3n) is 19.6. The second kappa shape index (κ2) is 37.1. The Bertz CT molecular complexity index is 4160. The van der Waals surface area contributed by atoms with Crippen LogP contribution in [0.1, 0.15) is 90.0 Å². The maximum absolute atomic E-state index is 15.4. The molecular weight excluding hydrogens is 1390 g/mol. The molecule has 2 amide bonds. The van der Waals surface area contributed by atoms with Crippen LogP contribution in [0.2, 0.25) is 18.1 Å². The second-order valence-electron chi connectivity index (χ2n) is 28.0. The first kappa shape index (κ1) is 77.5. The predicted octanol–water partition coefficient (Wildman–Crippen LogP) is 12.9. The molecule has 560 valence electrons. The highest BCUT2D eigenvalue weighted by atomic mass is 28.4. The van der Waals surface area contributed by atoms with Crippen molar-refractivity contribution in [1.29, 1.82) is 0 Å². The SMILES string of the molecule is CC(C)(C)[Si](C)(C)O[C@H]1[C@H](OCc2ccccc2)[C@@H](OC(=O)c2ccccc2)[C@H](O[C@@H]2[C@H](O[C@@H]3O[C@H](COCc4ccccc4)[C@@H](O)[C@H](OCc4ccccc4)[C@H]3N3C(=O)c4ccccc4C3=O)[C@@H](OC(=O)c3ccccc3)[C@H](OCCN=[N+]=[N-])O[C@@H]2COCc2ccccc2)O[C@@H]1COCc1ccccc1. The van der Waals surface area contributed by atoms with E-state index in [1.807, 2.05) is 152 Å². The van der Waals surface area contributed by atoms with E-state index in [9.17, 15) is 10.6 Å². The molecule has 0 aromatic heterocycles. The molecule has 15 atom stereocenters. The fourth-order valence-electron chi connectivity index (χ4n) is 13.0. The number of ether oxygens (including phenoxy) is 13. The molecule has 0 radical (unpaired) electrons. The van der Waals surface area contributed by atoms with Gasteiger partial charge in [0.15, 0.2) is 39.4 Å². The predicted molar refractivity (Wildman–Crippen MR) is 394 cm³/mol. The van der Waals surface area contributed by atoms with E-state index in [0.717, 1.165) is 27.2 Å². The van der Waals surface area contributed by atoms with Crippen LogP contribution in [0.3, 0.4) is 0 Å². The number of benzene rings is 8. The highest BCUT2D eigenvalue weighted by Gasteiger charge is 2.61. The molecule has 107 heavy (non-hydrogen) atoms. The van der Waals surface area contributed by atoms with Gasteiger partial charge in [-0.3, -0.25) is 14.5 Å². The smallest absolute Gasteiger partial charge is 0.338 e. The van der Waals surface area contributed by atoms with E-state index < -0.39 is 129 Å². The van der Waals surface area contributed by atoms with Crippen LogP contribution in [-0.4, -0.2) is 167 Å². The van der Waals surface area contributed by atoms with Crippen molar-refractivity contribution in [3.63, 3.8) is 0 Å². The lowest BCUT2D eigenvalue weighted by molar-refractivity contribution is -0.384. The summed E-state index contributed by atoms with van der Waals surface area (Å²) in [6.07, 6.45) is -21.5. The Hall–Kier alpha value is -9.15. The quantitative estimate of drug-likeness (QED) is 0.00761. The summed E-state index contributed by atoms with van der Waals surface area (Å²) in [5.41, 5.74) is 13.9. The highest BCUT2D eigenvalue weighted by Crippen LogP contribution is 2.44. The van der Waals surface area contributed by atoms with E-state index in [1.54, 1.807) is 72.8 Å². The van der Waals surface area contributed by atoms with Crippen LogP contribution in [0.5, 0.6) is 0 Å². The Morgan fingerprint density at radius 3 is 1.28 bits per heavy atom. The molecule has 23 nitrogen and oxygen atoms in total. The molecule has 4 aliphatic rings. The van der Waals surface area contributed by atoms with Gasteiger partial charge in [0.2, 0.25) is 0 Å². The van der Waals surface area contributed by atoms with Gasteiger partial charge in [0.05, 0.1) is 81.7 Å². The van der Waals surface area contributed by atoms with Gasteiger partial charge >= 0.3 is 11.9 Å². The van der Waals surface area contributed by atoms with E-state index in [-0.39, 0.29) is 88.3 Å². The molecule has 0 unspecified atom stereocenters. The van der Waals surface area contributed by atoms with E-state index in [2.05, 4.69) is 43.9 Å². The van der Waals surface area contributed by atoms with E-state index >= 15 is 19.2 Å². The molecule has 8 aromatic carbocycles. The van der Waals surface area contributed by atoms with Gasteiger partial charge in [-0.15, -0.1) is 0 Å². The van der Waals surface area contributed by atoms with Crippen molar-refractivity contribution < 1.29 is 90.3 Å². The van der Waals surface area contributed by atoms with Gasteiger partial charge in [-0.05, 0) is 87.9 Å². The van der Waals surface area contributed by atoms with Crippen LogP contribution in [0, 0.1) is 0 Å². The summed E-state index contributed by atoms with van der Waals surface area (Å²) in [7, 11) is -2.91. The molecule has 3 fully saturated rings. The summed E-state index contributed by atoms with van der Waals surface area (Å²) in [5.74, 6) is -3.22. The number of azide groups is 1. The molecule has 0 bridgehead atoms. The number of hydrogen-bond acceptors (Lipinski definition) is 20. The molecule has 24 heteroatoms. The van der Waals surface area contributed by atoms with Gasteiger partial charge in [0, 0.05) is 11.5 Å². The number of aliphatic hydroxyl groups excluding tert-OH is 1. The Balaban J connectivity index is 1.05. The van der Waals surface area contributed by atoms with Crippen molar-refractivity contribution in [1.82, 2.24) is 4.90 Å². The normalized spacial score (nSPS) is 25.1. The van der Waals surface area contributed by atoms with Crippen LogP contribution in [-0.2, 0) is 99.0 Å². The van der Waals surface area contributed by atoms with Crippen LogP contribution in [0.25, 0.3) is 10.4 Å². The van der Waals surface area contributed by atoms with Crippen LogP contribution >= 0.6 is 0 Å². The zero-order valence-electron chi connectivity index (χ0n) is 60.3. The summed E-state index contributed by atoms with van der Waals surface area (Å²) in [6.45, 7) is 9.22. The van der Waals surface area contributed by atoms with Gasteiger partial charge in [-0.2, -0.15) is 0 Å². The topological polar surface area (TPSA) is 270 Å². The lowest BCUT2D eigenvalue weighted by Crippen LogP contribution is -2.70. The maximum atomic E-state index is 15.4. The van der Waals surface area contributed by atoms with Crippen LogP contribution in [0.15, 0.2) is 242 Å². The van der Waals surface area contributed by atoms with Crippen molar-refractivity contribution in [3.8, 4) is 0 Å². The second-order valence-corrected chi connectivity index (χ2v) is 32.8. The molecule has 0 saturated carbocycles.